The summed E-state index contributed by atoms with van der Waals surface area (Å²) in [5.41, 5.74) is 0.384. The second kappa shape index (κ2) is 11.0. The lowest BCUT2D eigenvalue weighted by Crippen LogP contribution is -2.50. The second-order valence-electron chi connectivity index (χ2n) is 8.96. The number of aliphatic hydroxyl groups is 1. The van der Waals surface area contributed by atoms with Crippen molar-refractivity contribution in [1.82, 2.24) is 10.6 Å². The molecule has 6 heteroatoms. The van der Waals surface area contributed by atoms with Gasteiger partial charge in [-0.3, -0.25) is 0 Å². The van der Waals surface area contributed by atoms with Gasteiger partial charge in [-0.2, -0.15) is 5.26 Å². The molecule has 1 rings (SSSR count). The predicted molar refractivity (Wildman–Crippen MR) is 111 cm³/mol. The number of amides is 1. The molecule has 6 nitrogen and oxygen atoms in total. The van der Waals surface area contributed by atoms with Crippen molar-refractivity contribution in [2.45, 2.75) is 71.6 Å². The van der Waals surface area contributed by atoms with Crippen molar-refractivity contribution in [1.29, 1.82) is 5.26 Å². The molecule has 0 radical (unpaired) electrons. The van der Waals surface area contributed by atoms with E-state index in [1.165, 1.54) is 0 Å². The van der Waals surface area contributed by atoms with Gasteiger partial charge in [0.1, 0.15) is 5.60 Å². The number of benzene rings is 1. The van der Waals surface area contributed by atoms with E-state index in [-0.39, 0.29) is 5.41 Å². The lowest BCUT2D eigenvalue weighted by Gasteiger charge is -2.29. The highest BCUT2D eigenvalue weighted by atomic mass is 16.6. The molecule has 156 valence electrons. The number of nitriles is 1. The largest absolute Gasteiger partial charge is 0.444 e. The molecule has 0 saturated heterocycles. The molecule has 0 unspecified atom stereocenters. The Labute approximate surface area is 169 Å². The topological polar surface area (TPSA) is 94.4 Å². The van der Waals surface area contributed by atoms with Crippen LogP contribution in [0.25, 0.3) is 0 Å². The Morgan fingerprint density at radius 2 is 1.86 bits per heavy atom. The van der Waals surface area contributed by atoms with Crippen LogP contribution in [0.3, 0.4) is 0 Å². The van der Waals surface area contributed by atoms with Crippen molar-refractivity contribution in [2.24, 2.45) is 5.41 Å². The van der Waals surface area contributed by atoms with Gasteiger partial charge >= 0.3 is 6.09 Å². The molecule has 28 heavy (non-hydrogen) atoms. The van der Waals surface area contributed by atoms with Gasteiger partial charge in [-0.05, 0) is 44.6 Å². The standard InChI is InChI=1S/C22H35N3O3/c1-21(2,3)28-20(27)25-18(14-17-10-7-6-8-11-17)19(26)15-24-16-22(4,5)12-9-13-23/h6-8,10-11,18-19,24,26H,9,12,14-16H2,1-5H3,(H,25,27)/t18-,19+/m1/s1. The van der Waals surface area contributed by atoms with Gasteiger partial charge in [-0.25, -0.2) is 4.79 Å². The van der Waals surface area contributed by atoms with Crippen LogP contribution in [0.5, 0.6) is 0 Å². The van der Waals surface area contributed by atoms with Gasteiger partial charge in [-0.15, -0.1) is 0 Å². The number of alkyl carbamates (subject to hydrolysis) is 1. The van der Waals surface area contributed by atoms with Crippen LogP contribution < -0.4 is 10.6 Å². The van der Waals surface area contributed by atoms with Gasteiger partial charge in [0.05, 0.1) is 18.2 Å². The summed E-state index contributed by atoms with van der Waals surface area (Å²) in [4.78, 5) is 12.2. The second-order valence-corrected chi connectivity index (χ2v) is 8.96. The van der Waals surface area contributed by atoms with Crippen molar-refractivity contribution in [3.8, 4) is 6.07 Å². The molecule has 0 heterocycles. The van der Waals surface area contributed by atoms with Crippen molar-refractivity contribution < 1.29 is 14.6 Å². The number of carbonyl (C=O) groups is 1. The van der Waals surface area contributed by atoms with Crippen LogP contribution in [-0.2, 0) is 11.2 Å². The van der Waals surface area contributed by atoms with E-state index in [4.69, 9.17) is 10.00 Å². The van der Waals surface area contributed by atoms with E-state index >= 15 is 0 Å². The summed E-state index contributed by atoms with van der Waals surface area (Å²) in [6.07, 6.45) is 0.478. The number of aliphatic hydroxyl groups excluding tert-OH is 1. The van der Waals surface area contributed by atoms with E-state index in [0.717, 1.165) is 12.0 Å². The van der Waals surface area contributed by atoms with Gasteiger partial charge in [-0.1, -0.05) is 44.2 Å². The Balaban J connectivity index is 2.69. The van der Waals surface area contributed by atoms with Crippen molar-refractivity contribution in [2.75, 3.05) is 13.1 Å². The molecule has 0 aliphatic rings. The summed E-state index contributed by atoms with van der Waals surface area (Å²) in [6.45, 7) is 10.6. The molecular weight excluding hydrogens is 354 g/mol. The van der Waals surface area contributed by atoms with E-state index in [1.54, 1.807) is 20.8 Å². The maximum atomic E-state index is 12.2. The van der Waals surface area contributed by atoms with Crippen molar-refractivity contribution in [3.63, 3.8) is 0 Å². The Kier molecular flexibility index (Phi) is 9.44. The number of carbonyl (C=O) groups excluding carboxylic acids is 1. The number of hydrogen-bond acceptors (Lipinski definition) is 5. The van der Waals surface area contributed by atoms with Gasteiger partial charge in [0.2, 0.25) is 0 Å². The maximum Gasteiger partial charge on any atom is 0.407 e. The quantitative estimate of drug-likeness (QED) is 0.570. The van der Waals surface area contributed by atoms with Gasteiger partial charge in [0.15, 0.2) is 0 Å². The van der Waals surface area contributed by atoms with Gasteiger partial charge in [0.25, 0.3) is 0 Å². The molecule has 1 aromatic rings. The highest BCUT2D eigenvalue weighted by Gasteiger charge is 2.25. The molecule has 0 aliphatic heterocycles. The zero-order valence-electron chi connectivity index (χ0n) is 17.8. The fraction of sp³-hybridized carbons (Fsp3) is 0.636. The Morgan fingerprint density at radius 1 is 1.21 bits per heavy atom. The first kappa shape index (κ1) is 23.9. The minimum absolute atomic E-state index is 0.0387. The first-order valence-corrected chi connectivity index (χ1v) is 9.81. The molecule has 2 atom stereocenters. The fourth-order valence-corrected chi connectivity index (χ4v) is 2.79. The molecule has 0 saturated carbocycles. The lowest BCUT2D eigenvalue weighted by atomic mass is 9.88. The van der Waals surface area contributed by atoms with Crippen LogP contribution in [-0.4, -0.2) is 42.0 Å². The zero-order valence-corrected chi connectivity index (χ0v) is 17.8. The fourth-order valence-electron chi connectivity index (χ4n) is 2.79. The number of nitrogens with one attached hydrogen (secondary N) is 2. The summed E-state index contributed by atoms with van der Waals surface area (Å²) in [5.74, 6) is 0. The Hall–Kier alpha value is -2.10. The summed E-state index contributed by atoms with van der Waals surface area (Å²) >= 11 is 0. The number of ether oxygens (including phenoxy) is 1. The van der Waals surface area contributed by atoms with Gasteiger partial charge in [0, 0.05) is 19.5 Å². The van der Waals surface area contributed by atoms with Crippen LogP contribution in [0.15, 0.2) is 30.3 Å². The van der Waals surface area contributed by atoms with Gasteiger partial charge < -0.3 is 20.5 Å². The molecule has 0 aromatic heterocycles. The monoisotopic (exact) mass is 389 g/mol. The predicted octanol–water partition coefficient (Wildman–Crippen LogP) is 3.40. The number of nitrogens with zero attached hydrogens (tertiary/aromatic N) is 1. The van der Waals surface area contributed by atoms with E-state index in [9.17, 15) is 9.90 Å². The van der Waals surface area contributed by atoms with Crippen LogP contribution in [0.2, 0.25) is 0 Å². The third-order valence-electron chi connectivity index (χ3n) is 4.34. The average Bonchev–Trinajstić information content (AvgIpc) is 2.58. The molecule has 1 amide bonds. The average molecular weight is 390 g/mol. The van der Waals surface area contributed by atoms with E-state index < -0.39 is 23.8 Å². The van der Waals surface area contributed by atoms with Crippen LogP contribution >= 0.6 is 0 Å². The highest BCUT2D eigenvalue weighted by molar-refractivity contribution is 5.68. The SMILES string of the molecule is CC(C)(CCC#N)CNC[C@H](O)[C@@H](Cc1ccccc1)NC(=O)OC(C)(C)C. The van der Waals surface area contributed by atoms with Crippen molar-refractivity contribution in [3.05, 3.63) is 35.9 Å². The molecule has 0 fully saturated rings. The molecule has 0 spiro atoms. The highest BCUT2D eigenvalue weighted by Crippen LogP contribution is 2.20. The number of rotatable bonds is 10. The first-order chi connectivity index (χ1) is 13.0. The minimum atomic E-state index is -0.778. The molecule has 3 N–H and O–H groups in total. The minimum Gasteiger partial charge on any atom is -0.444 e. The van der Waals surface area contributed by atoms with Crippen molar-refractivity contribution >= 4 is 6.09 Å². The Bertz CT molecular complexity index is 633. The van der Waals surface area contributed by atoms with Crippen LogP contribution in [0.1, 0.15) is 53.0 Å². The third kappa shape index (κ3) is 10.3. The van der Waals surface area contributed by atoms with E-state index in [2.05, 4.69) is 30.6 Å². The Morgan fingerprint density at radius 3 is 2.43 bits per heavy atom. The van der Waals surface area contributed by atoms with Crippen LogP contribution in [0.4, 0.5) is 4.79 Å². The maximum absolute atomic E-state index is 12.2. The molecule has 0 aliphatic carbocycles. The normalized spacial score (nSPS) is 14.0. The van der Waals surface area contributed by atoms with Crippen LogP contribution in [0, 0.1) is 16.7 Å². The molecule has 1 aromatic carbocycles. The number of hydrogen-bond donors (Lipinski definition) is 3. The lowest BCUT2D eigenvalue weighted by molar-refractivity contribution is 0.0420. The molecular formula is C22H35N3O3. The van der Waals surface area contributed by atoms with E-state index in [1.807, 2.05) is 30.3 Å². The molecule has 0 bridgehead atoms. The summed E-state index contributed by atoms with van der Waals surface area (Å²) in [7, 11) is 0. The zero-order chi connectivity index (χ0) is 21.2. The summed E-state index contributed by atoms with van der Waals surface area (Å²) in [5, 5.41) is 25.5. The first-order valence-electron chi connectivity index (χ1n) is 9.81. The smallest absolute Gasteiger partial charge is 0.407 e. The van der Waals surface area contributed by atoms with E-state index in [0.29, 0.717) is 25.9 Å². The summed E-state index contributed by atoms with van der Waals surface area (Å²) < 4.78 is 5.35. The third-order valence-corrected chi connectivity index (χ3v) is 4.34. The summed E-state index contributed by atoms with van der Waals surface area (Å²) in [6, 6.07) is 11.4.